The molecule has 0 saturated carbocycles. The Balaban J connectivity index is 1.73. The van der Waals surface area contributed by atoms with Crippen LogP contribution in [-0.4, -0.2) is 35.3 Å². The zero-order valence-corrected chi connectivity index (χ0v) is 14.4. The third kappa shape index (κ3) is 2.88. The minimum Gasteiger partial charge on any atom is -0.497 e. The van der Waals surface area contributed by atoms with Gasteiger partial charge in [-0.05, 0) is 29.8 Å². The topological polar surface area (TPSA) is 75.6 Å². The zero-order valence-electron chi connectivity index (χ0n) is 14.4. The van der Waals surface area contributed by atoms with E-state index in [2.05, 4.69) is 14.9 Å². The van der Waals surface area contributed by atoms with E-state index in [9.17, 15) is 9.90 Å². The molecule has 1 unspecified atom stereocenters. The molecular weight excluding hydrogens is 330 g/mol. The molecule has 26 heavy (non-hydrogen) atoms. The fraction of sp³-hybridized carbons (Fsp3) is 0.250. The number of benzene rings is 2. The fourth-order valence-electron chi connectivity index (χ4n) is 3.46. The number of nitrogens with zero attached hydrogens (tertiary/aromatic N) is 3. The molecule has 1 aliphatic heterocycles. The number of anilines is 1. The lowest BCUT2D eigenvalue weighted by atomic mass is 10.0. The number of hydrogen-bond donors (Lipinski definition) is 1. The number of aliphatic hydroxyl groups is 1. The van der Waals surface area contributed by atoms with Crippen LogP contribution in [0.25, 0.3) is 10.9 Å². The molecule has 1 aliphatic rings. The van der Waals surface area contributed by atoms with Gasteiger partial charge in [0.1, 0.15) is 5.75 Å². The highest BCUT2D eigenvalue weighted by Gasteiger charge is 2.27. The lowest BCUT2D eigenvalue weighted by molar-refractivity contribution is 0.270. The highest BCUT2D eigenvalue weighted by molar-refractivity contribution is 5.78. The van der Waals surface area contributed by atoms with Crippen LogP contribution in [-0.2, 0) is 6.54 Å². The van der Waals surface area contributed by atoms with Crippen molar-refractivity contribution in [3.63, 3.8) is 0 Å². The van der Waals surface area contributed by atoms with Gasteiger partial charge in [0, 0.05) is 18.2 Å². The number of aromatic nitrogens is 2. The number of methoxy groups -OCH3 is 1. The average molecular weight is 349 g/mol. The molecule has 132 valence electrons. The molecule has 2 aromatic carbocycles. The van der Waals surface area contributed by atoms with Crippen LogP contribution in [0.2, 0.25) is 0 Å². The standard InChI is InChI=1S/C20H19N3O3/c1-26-15-6-7-18-17(8-15)20(25)21-9-14(22-18)11-23-10-13(12-24)16-4-2-3-5-19(16)23/h2-9,13,24H,10-12H2,1H3. The van der Waals surface area contributed by atoms with E-state index in [-0.39, 0.29) is 18.1 Å². The number of rotatable bonds is 4. The Labute approximate surface area is 150 Å². The number of ether oxygens (including phenoxy) is 1. The monoisotopic (exact) mass is 349 g/mol. The number of aliphatic hydroxyl groups excluding tert-OH is 1. The van der Waals surface area contributed by atoms with E-state index in [4.69, 9.17) is 4.74 Å². The first kappa shape index (κ1) is 16.5. The normalized spacial score (nSPS) is 15.9. The molecule has 1 atom stereocenters. The predicted molar refractivity (Wildman–Crippen MR) is 99.7 cm³/mol. The molecule has 0 spiro atoms. The van der Waals surface area contributed by atoms with Gasteiger partial charge in [0.15, 0.2) is 0 Å². The van der Waals surface area contributed by atoms with Crippen molar-refractivity contribution in [2.45, 2.75) is 12.5 Å². The molecule has 0 amide bonds. The summed E-state index contributed by atoms with van der Waals surface area (Å²) in [5.74, 6) is 0.693. The Hall–Kier alpha value is -2.99. The van der Waals surface area contributed by atoms with Gasteiger partial charge < -0.3 is 14.7 Å². The van der Waals surface area contributed by atoms with E-state index in [1.807, 2.05) is 24.3 Å². The van der Waals surface area contributed by atoms with Gasteiger partial charge in [-0.2, -0.15) is 0 Å². The van der Waals surface area contributed by atoms with E-state index in [0.717, 1.165) is 11.3 Å². The SMILES string of the molecule is COc1ccc2nc(CN3CC(CO)c4ccccc43)cnc(=O)c2c1. The van der Waals surface area contributed by atoms with Crippen molar-refractivity contribution >= 4 is 16.6 Å². The minimum atomic E-state index is -0.326. The maximum atomic E-state index is 12.3. The maximum Gasteiger partial charge on any atom is 0.279 e. The van der Waals surface area contributed by atoms with Crippen LogP contribution in [0.3, 0.4) is 0 Å². The van der Waals surface area contributed by atoms with Crippen molar-refractivity contribution < 1.29 is 9.84 Å². The second-order valence-electron chi connectivity index (χ2n) is 6.37. The Morgan fingerprint density at radius 1 is 1.27 bits per heavy atom. The highest BCUT2D eigenvalue weighted by Crippen LogP contribution is 2.36. The molecule has 2 heterocycles. The quantitative estimate of drug-likeness (QED) is 0.777. The number of hydrogen-bond acceptors (Lipinski definition) is 6. The fourth-order valence-corrected chi connectivity index (χ4v) is 3.46. The van der Waals surface area contributed by atoms with Crippen LogP contribution >= 0.6 is 0 Å². The summed E-state index contributed by atoms with van der Waals surface area (Å²) < 4.78 is 5.18. The molecule has 6 heteroatoms. The third-order valence-electron chi connectivity index (χ3n) is 4.76. The first-order valence-corrected chi connectivity index (χ1v) is 8.48. The lowest BCUT2D eigenvalue weighted by Crippen LogP contribution is -2.22. The maximum absolute atomic E-state index is 12.3. The zero-order chi connectivity index (χ0) is 18.1. The summed E-state index contributed by atoms with van der Waals surface area (Å²) in [6.07, 6.45) is 1.53. The van der Waals surface area contributed by atoms with Gasteiger partial charge in [0.05, 0.1) is 43.1 Å². The smallest absolute Gasteiger partial charge is 0.279 e. The van der Waals surface area contributed by atoms with Crippen molar-refractivity contribution in [1.82, 2.24) is 9.97 Å². The minimum absolute atomic E-state index is 0.0905. The molecule has 1 aromatic heterocycles. The Kier molecular flexibility index (Phi) is 4.26. The van der Waals surface area contributed by atoms with Crippen LogP contribution in [0.15, 0.2) is 53.5 Å². The van der Waals surface area contributed by atoms with E-state index in [1.54, 1.807) is 25.3 Å². The van der Waals surface area contributed by atoms with Crippen molar-refractivity contribution in [2.24, 2.45) is 0 Å². The summed E-state index contributed by atoms with van der Waals surface area (Å²) in [5.41, 5.74) is 3.20. The van der Waals surface area contributed by atoms with Crippen molar-refractivity contribution in [1.29, 1.82) is 0 Å². The summed E-state index contributed by atoms with van der Waals surface area (Å²) in [6.45, 7) is 1.34. The molecule has 0 fully saturated rings. The van der Waals surface area contributed by atoms with Crippen molar-refractivity contribution in [3.8, 4) is 5.75 Å². The molecule has 6 nitrogen and oxygen atoms in total. The van der Waals surface area contributed by atoms with Crippen LogP contribution in [0.4, 0.5) is 5.69 Å². The Bertz CT molecular complexity index is 1020. The first-order chi connectivity index (χ1) is 12.7. The highest BCUT2D eigenvalue weighted by atomic mass is 16.5. The molecule has 3 aromatic rings. The van der Waals surface area contributed by atoms with Gasteiger partial charge in [-0.15, -0.1) is 0 Å². The second kappa shape index (κ2) is 6.72. The largest absolute Gasteiger partial charge is 0.497 e. The summed E-state index contributed by atoms with van der Waals surface area (Å²) in [5, 5.41) is 10.1. The molecule has 0 aliphatic carbocycles. The van der Waals surface area contributed by atoms with Crippen LogP contribution in [0, 0.1) is 0 Å². The van der Waals surface area contributed by atoms with Gasteiger partial charge in [-0.1, -0.05) is 18.2 Å². The third-order valence-corrected chi connectivity index (χ3v) is 4.76. The summed E-state index contributed by atoms with van der Waals surface area (Å²) in [6, 6.07) is 13.3. The van der Waals surface area contributed by atoms with Gasteiger partial charge in [0.2, 0.25) is 0 Å². The Morgan fingerprint density at radius 2 is 2.12 bits per heavy atom. The molecule has 0 saturated heterocycles. The molecular formula is C20H19N3O3. The van der Waals surface area contributed by atoms with E-state index in [0.29, 0.717) is 35.4 Å². The van der Waals surface area contributed by atoms with Gasteiger partial charge in [0.25, 0.3) is 5.56 Å². The van der Waals surface area contributed by atoms with Gasteiger partial charge in [-0.25, -0.2) is 9.97 Å². The summed E-state index contributed by atoms with van der Waals surface area (Å²) in [4.78, 5) is 23.1. The van der Waals surface area contributed by atoms with Crippen LogP contribution in [0.1, 0.15) is 17.2 Å². The lowest BCUT2D eigenvalue weighted by Gasteiger charge is -2.18. The Morgan fingerprint density at radius 3 is 2.92 bits per heavy atom. The molecule has 0 bridgehead atoms. The summed E-state index contributed by atoms with van der Waals surface area (Å²) >= 11 is 0. The van der Waals surface area contributed by atoms with E-state index in [1.165, 1.54) is 6.20 Å². The average Bonchev–Trinajstić information content (AvgIpc) is 2.95. The number of para-hydroxylation sites is 1. The molecule has 4 rings (SSSR count). The van der Waals surface area contributed by atoms with Crippen molar-refractivity contribution in [2.75, 3.05) is 25.2 Å². The van der Waals surface area contributed by atoms with E-state index >= 15 is 0 Å². The van der Waals surface area contributed by atoms with Gasteiger partial charge >= 0.3 is 0 Å². The first-order valence-electron chi connectivity index (χ1n) is 8.48. The molecule has 0 radical (unpaired) electrons. The summed E-state index contributed by atoms with van der Waals surface area (Å²) in [7, 11) is 1.56. The number of fused-ring (bicyclic) bond motifs is 2. The van der Waals surface area contributed by atoms with Crippen molar-refractivity contribution in [3.05, 3.63) is 70.3 Å². The van der Waals surface area contributed by atoms with Gasteiger partial charge in [-0.3, -0.25) is 4.79 Å². The second-order valence-corrected chi connectivity index (χ2v) is 6.37. The van der Waals surface area contributed by atoms with Crippen LogP contribution < -0.4 is 15.2 Å². The van der Waals surface area contributed by atoms with Crippen LogP contribution in [0.5, 0.6) is 5.75 Å². The predicted octanol–water partition coefficient (Wildman–Crippen LogP) is 2.09. The van der Waals surface area contributed by atoms with E-state index < -0.39 is 0 Å². The molecule has 1 N–H and O–H groups in total.